The second kappa shape index (κ2) is 4.41. The van der Waals surface area contributed by atoms with Crippen molar-refractivity contribution in [1.29, 1.82) is 0 Å². The molecule has 0 aromatic carbocycles. The van der Waals surface area contributed by atoms with E-state index < -0.39 is 5.97 Å². The van der Waals surface area contributed by atoms with Crippen molar-refractivity contribution in [2.45, 2.75) is 26.5 Å². The molecule has 1 heterocycles. The molecule has 0 aliphatic rings. The second-order valence-electron chi connectivity index (χ2n) is 2.88. The molecular formula is C7H10BrN3O3. The van der Waals surface area contributed by atoms with Crippen molar-refractivity contribution in [3.05, 3.63) is 4.73 Å². The van der Waals surface area contributed by atoms with Gasteiger partial charge in [-0.25, -0.2) is 4.68 Å². The SMILES string of the molecule is CC(C)Oc1nc(Br)nn1CC(=O)O. The normalized spacial score (nSPS) is 10.6. The molecule has 0 atom stereocenters. The molecule has 0 amide bonds. The largest absolute Gasteiger partial charge is 0.480 e. The third-order valence-electron chi connectivity index (χ3n) is 1.24. The topological polar surface area (TPSA) is 77.2 Å². The summed E-state index contributed by atoms with van der Waals surface area (Å²) < 4.78 is 6.76. The van der Waals surface area contributed by atoms with Crippen LogP contribution in [0.3, 0.4) is 0 Å². The number of nitrogens with zero attached hydrogens (tertiary/aromatic N) is 3. The molecule has 0 radical (unpaired) electrons. The third-order valence-corrected chi connectivity index (χ3v) is 1.57. The Balaban J connectivity index is 2.85. The Morgan fingerprint density at radius 3 is 2.86 bits per heavy atom. The van der Waals surface area contributed by atoms with Crippen molar-refractivity contribution in [2.24, 2.45) is 0 Å². The summed E-state index contributed by atoms with van der Waals surface area (Å²) >= 11 is 3.05. The highest BCUT2D eigenvalue weighted by Crippen LogP contribution is 2.13. The van der Waals surface area contributed by atoms with Crippen molar-refractivity contribution in [3.8, 4) is 6.01 Å². The number of aromatic nitrogens is 3. The van der Waals surface area contributed by atoms with Gasteiger partial charge in [0.05, 0.1) is 6.10 Å². The second-order valence-corrected chi connectivity index (χ2v) is 3.59. The summed E-state index contributed by atoms with van der Waals surface area (Å²) in [4.78, 5) is 14.3. The van der Waals surface area contributed by atoms with Gasteiger partial charge in [0.25, 0.3) is 0 Å². The van der Waals surface area contributed by atoms with Crippen LogP contribution in [0.5, 0.6) is 6.01 Å². The summed E-state index contributed by atoms with van der Waals surface area (Å²) in [6, 6.07) is 0.203. The Hall–Kier alpha value is -1.11. The molecule has 0 aliphatic heterocycles. The number of hydrogen-bond donors (Lipinski definition) is 1. The van der Waals surface area contributed by atoms with Gasteiger partial charge in [0, 0.05) is 0 Å². The summed E-state index contributed by atoms with van der Waals surface area (Å²) in [6.45, 7) is 3.39. The Bertz CT molecular complexity index is 337. The smallest absolute Gasteiger partial charge is 0.325 e. The van der Waals surface area contributed by atoms with E-state index in [4.69, 9.17) is 9.84 Å². The molecule has 0 unspecified atom stereocenters. The summed E-state index contributed by atoms with van der Waals surface area (Å²) in [5.74, 6) is -0.990. The molecule has 78 valence electrons. The molecule has 1 N–H and O–H groups in total. The summed E-state index contributed by atoms with van der Waals surface area (Å²) in [5.41, 5.74) is 0. The van der Waals surface area contributed by atoms with Crippen molar-refractivity contribution in [3.63, 3.8) is 0 Å². The highest BCUT2D eigenvalue weighted by molar-refractivity contribution is 9.10. The van der Waals surface area contributed by atoms with E-state index in [2.05, 4.69) is 26.0 Å². The van der Waals surface area contributed by atoms with Crippen LogP contribution in [-0.4, -0.2) is 31.9 Å². The molecule has 0 bridgehead atoms. The van der Waals surface area contributed by atoms with Gasteiger partial charge in [-0.05, 0) is 29.8 Å². The number of ether oxygens (including phenoxy) is 1. The van der Waals surface area contributed by atoms with Gasteiger partial charge in [-0.1, -0.05) is 0 Å². The lowest BCUT2D eigenvalue weighted by Gasteiger charge is -2.07. The first-order valence-corrected chi connectivity index (χ1v) is 4.77. The minimum atomic E-state index is -0.990. The number of hydrogen-bond acceptors (Lipinski definition) is 4. The first-order valence-electron chi connectivity index (χ1n) is 3.98. The van der Waals surface area contributed by atoms with Gasteiger partial charge in [0.1, 0.15) is 6.54 Å². The fourth-order valence-corrected chi connectivity index (χ4v) is 1.17. The highest BCUT2D eigenvalue weighted by atomic mass is 79.9. The number of rotatable bonds is 4. The minimum Gasteiger partial charge on any atom is -0.480 e. The predicted molar refractivity (Wildman–Crippen MR) is 51.1 cm³/mol. The highest BCUT2D eigenvalue weighted by Gasteiger charge is 2.13. The van der Waals surface area contributed by atoms with E-state index in [1.165, 1.54) is 4.68 Å². The predicted octanol–water partition coefficient (Wildman–Crippen LogP) is 0.912. The fourth-order valence-electron chi connectivity index (χ4n) is 0.830. The first-order chi connectivity index (χ1) is 6.49. The Labute approximate surface area is 89.0 Å². The van der Waals surface area contributed by atoms with Crippen molar-refractivity contribution < 1.29 is 14.6 Å². The van der Waals surface area contributed by atoms with E-state index in [0.717, 1.165) is 0 Å². The maximum atomic E-state index is 10.5. The van der Waals surface area contributed by atoms with E-state index in [1.807, 2.05) is 13.8 Å². The van der Waals surface area contributed by atoms with Crippen LogP contribution >= 0.6 is 15.9 Å². The molecule has 6 nitrogen and oxygen atoms in total. The van der Waals surface area contributed by atoms with Crippen LogP contribution in [-0.2, 0) is 11.3 Å². The molecule has 7 heteroatoms. The first kappa shape index (κ1) is 11.0. The molecule has 14 heavy (non-hydrogen) atoms. The lowest BCUT2D eigenvalue weighted by Crippen LogP contribution is -2.15. The van der Waals surface area contributed by atoms with Gasteiger partial charge in [-0.3, -0.25) is 4.79 Å². The number of carboxylic acids is 1. The van der Waals surface area contributed by atoms with Crippen molar-refractivity contribution >= 4 is 21.9 Å². The van der Waals surface area contributed by atoms with Crippen LogP contribution in [0.15, 0.2) is 4.73 Å². The standard InChI is InChI=1S/C7H10BrN3O3/c1-4(2)14-7-9-6(8)10-11(7)3-5(12)13/h4H,3H2,1-2H3,(H,12,13). The molecule has 1 aromatic heterocycles. The van der Waals surface area contributed by atoms with Crippen LogP contribution in [0.1, 0.15) is 13.8 Å². The van der Waals surface area contributed by atoms with Crippen LogP contribution in [0.2, 0.25) is 0 Å². The maximum Gasteiger partial charge on any atom is 0.325 e. The van der Waals surface area contributed by atoms with Gasteiger partial charge < -0.3 is 9.84 Å². The average Bonchev–Trinajstić information content (AvgIpc) is 2.28. The number of carbonyl (C=O) groups is 1. The lowest BCUT2D eigenvalue weighted by molar-refractivity contribution is -0.138. The molecule has 0 saturated heterocycles. The van der Waals surface area contributed by atoms with E-state index in [9.17, 15) is 4.79 Å². The van der Waals surface area contributed by atoms with Gasteiger partial charge >= 0.3 is 12.0 Å². The zero-order valence-electron chi connectivity index (χ0n) is 7.77. The zero-order chi connectivity index (χ0) is 10.7. The molecule has 1 rings (SSSR count). The van der Waals surface area contributed by atoms with Crippen molar-refractivity contribution in [1.82, 2.24) is 14.8 Å². The monoisotopic (exact) mass is 263 g/mol. The maximum absolute atomic E-state index is 10.5. The quantitative estimate of drug-likeness (QED) is 0.874. The van der Waals surface area contributed by atoms with Gasteiger partial charge in [0.2, 0.25) is 4.73 Å². The minimum absolute atomic E-state index is 0.0707. The van der Waals surface area contributed by atoms with Gasteiger partial charge in [-0.2, -0.15) is 4.98 Å². The zero-order valence-corrected chi connectivity index (χ0v) is 9.35. The van der Waals surface area contributed by atoms with Crippen LogP contribution in [0, 0.1) is 0 Å². The number of carboxylic acid groups (broad SMARTS) is 1. The van der Waals surface area contributed by atoms with Gasteiger partial charge in [-0.15, -0.1) is 5.10 Å². The Morgan fingerprint density at radius 2 is 2.36 bits per heavy atom. The third kappa shape index (κ3) is 2.99. The molecule has 0 aliphatic carbocycles. The summed E-state index contributed by atoms with van der Waals surface area (Å²) in [7, 11) is 0. The molecule has 0 saturated carbocycles. The summed E-state index contributed by atoms with van der Waals surface area (Å²) in [6.07, 6.45) is -0.0707. The van der Waals surface area contributed by atoms with Crippen molar-refractivity contribution in [2.75, 3.05) is 0 Å². The number of halogens is 1. The average molecular weight is 264 g/mol. The van der Waals surface area contributed by atoms with Crippen LogP contribution < -0.4 is 4.74 Å². The van der Waals surface area contributed by atoms with E-state index in [-0.39, 0.29) is 18.7 Å². The Morgan fingerprint density at radius 1 is 1.71 bits per heavy atom. The van der Waals surface area contributed by atoms with E-state index >= 15 is 0 Å². The Kier molecular flexibility index (Phi) is 3.45. The molecule has 0 fully saturated rings. The van der Waals surface area contributed by atoms with Gasteiger partial charge in [0.15, 0.2) is 0 Å². The van der Waals surface area contributed by atoms with Crippen LogP contribution in [0.4, 0.5) is 0 Å². The molecule has 0 spiro atoms. The van der Waals surface area contributed by atoms with E-state index in [1.54, 1.807) is 0 Å². The fraction of sp³-hybridized carbons (Fsp3) is 0.571. The number of aliphatic carboxylic acids is 1. The molecule has 1 aromatic rings. The lowest BCUT2D eigenvalue weighted by atomic mass is 10.5. The van der Waals surface area contributed by atoms with E-state index in [0.29, 0.717) is 4.73 Å². The van der Waals surface area contributed by atoms with Crippen LogP contribution in [0.25, 0.3) is 0 Å². The molecular weight excluding hydrogens is 254 g/mol. The summed E-state index contributed by atoms with van der Waals surface area (Å²) in [5, 5.41) is 12.4.